The summed E-state index contributed by atoms with van der Waals surface area (Å²) >= 11 is 0. The van der Waals surface area contributed by atoms with Crippen LogP contribution in [0.4, 0.5) is 5.82 Å². The number of aromatic nitrogens is 1. The number of hydrogen-bond acceptors (Lipinski definition) is 2. The third-order valence-electron chi connectivity index (χ3n) is 1.62. The van der Waals surface area contributed by atoms with Gasteiger partial charge in [-0.05, 0) is 18.2 Å². The fourth-order valence-corrected chi connectivity index (χ4v) is 1.08. The lowest BCUT2D eigenvalue weighted by molar-refractivity contribution is 1.42. The first-order chi connectivity index (χ1) is 5.36. The number of rotatable bonds is 0. The van der Waals surface area contributed by atoms with Crippen molar-refractivity contribution in [2.75, 3.05) is 5.73 Å². The van der Waals surface area contributed by atoms with E-state index in [1.54, 1.807) is 0 Å². The molecule has 78 valence electrons. The minimum Gasteiger partial charge on any atom is -0.384 e. The summed E-state index contributed by atoms with van der Waals surface area (Å²) in [5.41, 5.74) is 6.46. The van der Waals surface area contributed by atoms with Gasteiger partial charge in [0.1, 0.15) is 5.82 Å². The molecule has 1 heterocycles. The van der Waals surface area contributed by atoms with Gasteiger partial charge in [-0.15, -0.1) is 37.2 Å². The highest BCUT2D eigenvalue weighted by atomic mass is 35.5. The molecule has 0 radical (unpaired) electrons. The Balaban J connectivity index is 0. The third-order valence-corrected chi connectivity index (χ3v) is 1.62. The van der Waals surface area contributed by atoms with E-state index in [-0.39, 0.29) is 37.2 Å². The molecule has 0 amide bonds. The number of nitrogens with two attached hydrogens (primary N) is 1. The summed E-state index contributed by atoms with van der Waals surface area (Å²) in [5.74, 6) is 0.573. The van der Waals surface area contributed by atoms with Crippen LogP contribution in [-0.2, 0) is 0 Å². The number of anilines is 1. The van der Waals surface area contributed by atoms with Gasteiger partial charge in [-0.25, -0.2) is 4.98 Å². The zero-order valence-corrected chi connectivity index (χ0v) is 9.66. The Hall–Kier alpha value is -0.700. The first kappa shape index (κ1) is 15.8. The van der Waals surface area contributed by atoms with E-state index >= 15 is 0 Å². The average molecular weight is 254 g/mol. The number of benzene rings is 1. The summed E-state index contributed by atoms with van der Waals surface area (Å²) < 4.78 is 0. The van der Waals surface area contributed by atoms with Crippen LogP contribution < -0.4 is 5.73 Å². The van der Waals surface area contributed by atoms with Crippen molar-refractivity contribution in [2.45, 2.75) is 0 Å². The average Bonchev–Trinajstić information content (AvgIpc) is 2.04. The zero-order chi connectivity index (χ0) is 7.68. The molecule has 0 atom stereocenters. The summed E-state index contributed by atoms with van der Waals surface area (Å²) in [4.78, 5) is 4.15. The maximum Gasteiger partial charge on any atom is 0.124 e. The van der Waals surface area contributed by atoms with Gasteiger partial charge < -0.3 is 5.73 Å². The van der Waals surface area contributed by atoms with Crippen LogP contribution in [0, 0.1) is 0 Å². The molecule has 2 N–H and O–H groups in total. The quantitative estimate of drug-likeness (QED) is 0.784. The normalized spacial score (nSPS) is 8.00. The molecule has 0 aliphatic heterocycles. The molecule has 2 aromatic rings. The lowest BCUT2D eigenvalue weighted by Crippen LogP contribution is -1.88. The van der Waals surface area contributed by atoms with E-state index < -0.39 is 0 Å². The fourth-order valence-electron chi connectivity index (χ4n) is 1.08. The highest BCUT2D eigenvalue weighted by molar-refractivity contribution is 5.86. The van der Waals surface area contributed by atoms with Crippen LogP contribution in [0.2, 0.25) is 0 Å². The van der Waals surface area contributed by atoms with E-state index in [2.05, 4.69) is 4.98 Å². The van der Waals surface area contributed by atoms with Gasteiger partial charge in [0.25, 0.3) is 0 Å². The number of nitrogen functional groups attached to an aromatic ring is 1. The van der Waals surface area contributed by atoms with Gasteiger partial charge in [0.05, 0.1) is 5.52 Å². The van der Waals surface area contributed by atoms with Gasteiger partial charge in [-0.3, -0.25) is 0 Å². The molecule has 0 bridgehead atoms. The van der Waals surface area contributed by atoms with Crippen molar-refractivity contribution in [1.82, 2.24) is 4.98 Å². The van der Waals surface area contributed by atoms with Crippen LogP contribution in [0.1, 0.15) is 0 Å². The predicted molar refractivity (Wildman–Crippen MR) is 67.9 cm³/mol. The van der Waals surface area contributed by atoms with Gasteiger partial charge in [0, 0.05) is 5.39 Å². The molecule has 0 aliphatic rings. The first-order valence-corrected chi connectivity index (χ1v) is 3.47. The lowest BCUT2D eigenvalue weighted by atomic mass is 10.2. The highest BCUT2D eigenvalue weighted by Crippen LogP contribution is 2.11. The Morgan fingerprint density at radius 1 is 0.857 bits per heavy atom. The molecule has 0 unspecified atom stereocenters. The molecule has 2 nitrogen and oxygen atoms in total. The van der Waals surface area contributed by atoms with Crippen LogP contribution in [0.3, 0.4) is 0 Å². The number of fused-ring (bicyclic) bond motifs is 1. The molecule has 0 saturated heterocycles. The Labute approximate surface area is 101 Å². The van der Waals surface area contributed by atoms with Crippen LogP contribution in [0.25, 0.3) is 10.9 Å². The summed E-state index contributed by atoms with van der Waals surface area (Å²) in [6.45, 7) is 0. The van der Waals surface area contributed by atoms with Crippen molar-refractivity contribution >= 4 is 53.9 Å². The second-order valence-corrected chi connectivity index (χ2v) is 2.43. The topological polar surface area (TPSA) is 38.9 Å². The Bertz CT molecular complexity index is 392. The van der Waals surface area contributed by atoms with Crippen molar-refractivity contribution in [1.29, 1.82) is 0 Å². The van der Waals surface area contributed by atoms with E-state index in [1.165, 1.54) is 0 Å². The first-order valence-electron chi connectivity index (χ1n) is 3.47. The lowest BCUT2D eigenvalue weighted by Gasteiger charge is -1.95. The van der Waals surface area contributed by atoms with Crippen molar-refractivity contribution in [3.8, 4) is 0 Å². The SMILES string of the molecule is Cl.Cl.Cl.Nc1ccc2ccccc2n1. The highest BCUT2D eigenvalue weighted by Gasteiger charge is 1.91. The number of halogens is 3. The Morgan fingerprint density at radius 3 is 2.21 bits per heavy atom. The maximum atomic E-state index is 5.51. The number of hydrogen-bond donors (Lipinski definition) is 1. The summed E-state index contributed by atoms with van der Waals surface area (Å²) in [6, 6.07) is 11.7. The van der Waals surface area contributed by atoms with E-state index in [0.29, 0.717) is 5.82 Å². The third kappa shape index (κ3) is 3.22. The summed E-state index contributed by atoms with van der Waals surface area (Å²) in [5, 5.41) is 1.13. The molecular formula is C9H11Cl3N2. The second-order valence-electron chi connectivity index (χ2n) is 2.43. The minimum absolute atomic E-state index is 0. The van der Waals surface area contributed by atoms with Crippen molar-refractivity contribution < 1.29 is 0 Å². The van der Waals surface area contributed by atoms with E-state index in [9.17, 15) is 0 Å². The Morgan fingerprint density at radius 2 is 1.50 bits per heavy atom. The van der Waals surface area contributed by atoms with E-state index in [1.807, 2.05) is 36.4 Å². The van der Waals surface area contributed by atoms with E-state index in [0.717, 1.165) is 10.9 Å². The van der Waals surface area contributed by atoms with Gasteiger partial charge in [0.2, 0.25) is 0 Å². The van der Waals surface area contributed by atoms with Gasteiger partial charge in [0.15, 0.2) is 0 Å². The van der Waals surface area contributed by atoms with Crippen LogP contribution in [0.15, 0.2) is 36.4 Å². The molecule has 2 rings (SSSR count). The van der Waals surface area contributed by atoms with Gasteiger partial charge in [-0.2, -0.15) is 0 Å². The fraction of sp³-hybridized carbons (Fsp3) is 0. The molecule has 0 aliphatic carbocycles. The van der Waals surface area contributed by atoms with Crippen LogP contribution >= 0.6 is 37.2 Å². The smallest absolute Gasteiger partial charge is 0.124 e. The minimum atomic E-state index is 0. The van der Waals surface area contributed by atoms with Gasteiger partial charge in [-0.1, -0.05) is 18.2 Å². The summed E-state index contributed by atoms with van der Waals surface area (Å²) in [6.07, 6.45) is 0. The molecule has 1 aromatic heterocycles. The number of pyridine rings is 1. The summed E-state index contributed by atoms with van der Waals surface area (Å²) in [7, 11) is 0. The standard InChI is InChI=1S/C9H8N2.3ClH/c10-9-6-5-7-3-1-2-4-8(7)11-9;;;/h1-6H,(H2,10,11);3*1H. The molecule has 0 spiro atoms. The second kappa shape index (κ2) is 6.71. The maximum absolute atomic E-state index is 5.51. The monoisotopic (exact) mass is 252 g/mol. The molecular weight excluding hydrogens is 242 g/mol. The van der Waals surface area contributed by atoms with Crippen molar-refractivity contribution in [3.05, 3.63) is 36.4 Å². The van der Waals surface area contributed by atoms with E-state index in [4.69, 9.17) is 5.73 Å². The molecule has 5 heteroatoms. The van der Waals surface area contributed by atoms with Crippen molar-refractivity contribution in [2.24, 2.45) is 0 Å². The van der Waals surface area contributed by atoms with Gasteiger partial charge >= 0.3 is 0 Å². The predicted octanol–water partition coefficient (Wildman–Crippen LogP) is 3.08. The number of para-hydroxylation sites is 1. The molecule has 14 heavy (non-hydrogen) atoms. The number of nitrogens with zero attached hydrogens (tertiary/aromatic N) is 1. The molecule has 1 aromatic carbocycles. The molecule has 0 saturated carbocycles. The zero-order valence-electron chi connectivity index (χ0n) is 7.21. The largest absolute Gasteiger partial charge is 0.384 e. The van der Waals surface area contributed by atoms with Crippen LogP contribution in [-0.4, -0.2) is 4.98 Å². The Kier molecular flexibility index (Phi) is 7.55. The van der Waals surface area contributed by atoms with Crippen LogP contribution in [0.5, 0.6) is 0 Å². The molecule has 0 fully saturated rings. The van der Waals surface area contributed by atoms with Crippen molar-refractivity contribution in [3.63, 3.8) is 0 Å².